The zero-order chi connectivity index (χ0) is 11.4. The number of aliphatic hydroxyl groups excluding tert-OH is 1. The molecule has 0 amide bonds. The van der Waals surface area contributed by atoms with E-state index in [1.165, 1.54) is 0 Å². The Balaban J connectivity index is 2.12. The molecule has 1 heterocycles. The molecule has 0 bridgehead atoms. The molecule has 1 unspecified atom stereocenters. The molecule has 0 saturated heterocycles. The predicted octanol–water partition coefficient (Wildman–Crippen LogP) is -0.545. The molecule has 0 radical (unpaired) electrons. The highest BCUT2D eigenvalue weighted by Gasteiger charge is 2.25. The Hall–Kier alpha value is -1.04. The van der Waals surface area contributed by atoms with Gasteiger partial charge in [-0.3, -0.25) is 0 Å². The predicted molar refractivity (Wildman–Crippen MR) is 63.3 cm³/mol. The van der Waals surface area contributed by atoms with Crippen molar-refractivity contribution in [2.45, 2.75) is 12.5 Å². The molecule has 3 N–H and O–H groups in total. The van der Waals surface area contributed by atoms with Crippen molar-refractivity contribution in [3.63, 3.8) is 0 Å². The van der Waals surface area contributed by atoms with Crippen LogP contribution in [0.15, 0.2) is 18.2 Å². The van der Waals surface area contributed by atoms with Crippen LogP contribution in [0.4, 0.5) is 0 Å². The van der Waals surface area contributed by atoms with E-state index in [4.69, 9.17) is 20.2 Å². The third kappa shape index (κ3) is 2.21. The van der Waals surface area contributed by atoms with Gasteiger partial charge in [0.2, 0.25) is 0 Å². The SMILES string of the molecule is NCC1OBc2c(OCCCO)cccc21. The van der Waals surface area contributed by atoms with Gasteiger partial charge in [0.1, 0.15) is 5.75 Å². The van der Waals surface area contributed by atoms with E-state index in [0.29, 0.717) is 27.1 Å². The van der Waals surface area contributed by atoms with Gasteiger partial charge in [-0.2, -0.15) is 0 Å². The van der Waals surface area contributed by atoms with Crippen molar-refractivity contribution in [2.24, 2.45) is 5.73 Å². The molecule has 0 fully saturated rings. The maximum Gasteiger partial charge on any atom is 0.313 e. The summed E-state index contributed by atoms with van der Waals surface area (Å²) in [6.45, 7) is 1.17. The van der Waals surface area contributed by atoms with E-state index in [1.54, 1.807) is 0 Å². The van der Waals surface area contributed by atoms with Crippen molar-refractivity contribution in [1.82, 2.24) is 0 Å². The summed E-state index contributed by atoms with van der Waals surface area (Å²) in [7, 11) is 0.562. The van der Waals surface area contributed by atoms with Gasteiger partial charge in [0.15, 0.2) is 0 Å². The highest BCUT2D eigenvalue weighted by Crippen LogP contribution is 2.23. The standard InChI is InChI=1S/C11H16BNO3/c13-7-10-8-3-1-4-9(11(8)12-16-10)15-6-2-5-14/h1,3-4,10,12,14H,2,5-7,13H2. The van der Waals surface area contributed by atoms with Gasteiger partial charge in [-0.1, -0.05) is 12.1 Å². The van der Waals surface area contributed by atoms with Gasteiger partial charge in [-0.25, -0.2) is 0 Å². The molecule has 2 rings (SSSR count). The topological polar surface area (TPSA) is 64.7 Å². The molecule has 16 heavy (non-hydrogen) atoms. The fourth-order valence-electron chi connectivity index (χ4n) is 1.89. The van der Waals surface area contributed by atoms with Gasteiger partial charge in [-0.15, -0.1) is 0 Å². The third-order valence-corrected chi connectivity index (χ3v) is 2.72. The average Bonchev–Trinajstić information content (AvgIpc) is 2.73. The number of ether oxygens (including phenoxy) is 1. The molecule has 0 aromatic heterocycles. The highest BCUT2D eigenvalue weighted by molar-refractivity contribution is 6.50. The molecular formula is C11H16BNO3. The second-order valence-corrected chi connectivity index (χ2v) is 3.78. The Kier molecular flexibility index (Phi) is 3.82. The van der Waals surface area contributed by atoms with Crippen LogP contribution in [0.25, 0.3) is 0 Å². The molecule has 4 nitrogen and oxygen atoms in total. The second kappa shape index (κ2) is 5.34. The molecule has 1 aromatic rings. The molecule has 0 aliphatic carbocycles. The third-order valence-electron chi connectivity index (χ3n) is 2.72. The first-order valence-electron chi connectivity index (χ1n) is 5.54. The molecule has 1 aliphatic rings. The lowest BCUT2D eigenvalue weighted by atomic mass is 9.85. The van der Waals surface area contributed by atoms with Crippen molar-refractivity contribution in [3.8, 4) is 5.75 Å². The van der Waals surface area contributed by atoms with Crippen LogP contribution in [0, 0.1) is 0 Å². The number of fused-ring (bicyclic) bond motifs is 1. The van der Waals surface area contributed by atoms with Crippen molar-refractivity contribution < 1.29 is 14.5 Å². The van der Waals surface area contributed by atoms with Crippen LogP contribution < -0.4 is 15.9 Å². The maximum absolute atomic E-state index is 8.70. The van der Waals surface area contributed by atoms with Gasteiger partial charge in [-0.05, 0) is 17.1 Å². The Bertz CT molecular complexity index is 359. The fraction of sp³-hybridized carbons (Fsp3) is 0.455. The summed E-state index contributed by atoms with van der Waals surface area (Å²) < 4.78 is 11.2. The largest absolute Gasteiger partial charge is 0.494 e. The number of rotatable bonds is 5. The van der Waals surface area contributed by atoms with Gasteiger partial charge in [0, 0.05) is 19.6 Å². The lowest BCUT2D eigenvalue weighted by Gasteiger charge is -2.11. The van der Waals surface area contributed by atoms with Crippen molar-refractivity contribution in [1.29, 1.82) is 0 Å². The van der Waals surface area contributed by atoms with Crippen LogP contribution >= 0.6 is 0 Å². The number of hydrogen-bond donors (Lipinski definition) is 2. The zero-order valence-electron chi connectivity index (χ0n) is 9.19. The summed E-state index contributed by atoms with van der Waals surface area (Å²) in [5, 5.41) is 8.70. The smallest absolute Gasteiger partial charge is 0.313 e. The van der Waals surface area contributed by atoms with Gasteiger partial charge in [0.25, 0.3) is 0 Å². The Morgan fingerprint density at radius 3 is 3.12 bits per heavy atom. The summed E-state index contributed by atoms with van der Waals surface area (Å²) in [6.07, 6.45) is 0.640. The van der Waals surface area contributed by atoms with Crippen LogP contribution in [-0.2, 0) is 4.65 Å². The first-order chi connectivity index (χ1) is 7.86. The monoisotopic (exact) mass is 221 g/mol. The van der Waals surface area contributed by atoms with Crippen molar-refractivity contribution in [2.75, 3.05) is 19.8 Å². The van der Waals surface area contributed by atoms with Crippen LogP contribution in [0.3, 0.4) is 0 Å². The quantitative estimate of drug-likeness (QED) is 0.517. The van der Waals surface area contributed by atoms with E-state index in [0.717, 1.165) is 16.8 Å². The second-order valence-electron chi connectivity index (χ2n) is 3.78. The summed E-state index contributed by atoms with van der Waals surface area (Å²) >= 11 is 0. The minimum atomic E-state index is -0.00334. The van der Waals surface area contributed by atoms with Crippen LogP contribution in [0.1, 0.15) is 18.1 Å². The highest BCUT2D eigenvalue weighted by atomic mass is 16.5. The Labute approximate surface area is 95.6 Å². The number of benzene rings is 1. The molecule has 1 atom stereocenters. The summed E-state index contributed by atoms with van der Waals surface area (Å²) in [4.78, 5) is 0. The molecule has 5 heteroatoms. The minimum absolute atomic E-state index is 0.00334. The molecular weight excluding hydrogens is 205 g/mol. The van der Waals surface area contributed by atoms with Crippen LogP contribution in [0.5, 0.6) is 5.75 Å². The Morgan fingerprint density at radius 2 is 2.38 bits per heavy atom. The fourth-order valence-corrected chi connectivity index (χ4v) is 1.89. The number of aliphatic hydroxyl groups is 1. The lowest BCUT2D eigenvalue weighted by molar-refractivity contribution is 0.234. The van der Waals surface area contributed by atoms with E-state index < -0.39 is 0 Å². The van der Waals surface area contributed by atoms with Gasteiger partial charge < -0.3 is 20.2 Å². The molecule has 0 spiro atoms. The molecule has 1 aliphatic heterocycles. The van der Waals surface area contributed by atoms with E-state index in [2.05, 4.69) is 0 Å². The van der Waals surface area contributed by atoms with E-state index in [9.17, 15) is 0 Å². The van der Waals surface area contributed by atoms with Crippen molar-refractivity contribution >= 4 is 12.9 Å². The number of nitrogens with two attached hydrogens (primary N) is 1. The summed E-state index contributed by atoms with van der Waals surface area (Å²) in [5.74, 6) is 0.849. The van der Waals surface area contributed by atoms with E-state index >= 15 is 0 Å². The van der Waals surface area contributed by atoms with Crippen LogP contribution in [-0.4, -0.2) is 32.3 Å². The molecule has 1 aromatic carbocycles. The average molecular weight is 221 g/mol. The summed E-state index contributed by atoms with van der Waals surface area (Å²) in [5.41, 5.74) is 7.84. The zero-order valence-corrected chi connectivity index (χ0v) is 9.19. The Morgan fingerprint density at radius 1 is 1.50 bits per heavy atom. The normalized spacial score (nSPS) is 18.0. The van der Waals surface area contributed by atoms with Crippen LogP contribution in [0.2, 0.25) is 0 Å². The van der Waals surface area contributed by atoms with Crippen molar-refractivity contribution in [3.05, 3.63) is 23.8 Å². The minimum Gasteiger partial charge on any atom is -0.494 e. The summed E-state index contributed by atoms with van der Waals surface area (Å²) in [6, 6.07) is 5.90. The van der Waals surface area contributed by atoms with E-state index in [1.807, 2.05) is 18.2 Å². The molecule has 86 valence electrons. The molecule has 0 saturated carbocycles. The first kappa shape index (κ1) is 11.5. The lowest BCUT2D eigenvalue weighted by Crippen LogP contribution is -2.17. The van der Waals surface area contributed by atoms with Gasteiger partial charge >= 0.3 is 7.48 Å². The van der Waals surface area contributed by atoms with E-state index in [-0.39, 0.29) is 12.7 Å². The maximum atomic E-state index is 8.70. The van der Waals surface area contributed by atoms with Gasteiger partial charge in [0.05, 0.1) is 12.7 Å². The number of hydrogen-bond acceptors (Lipinski definition) is 4. The first-order valence-corrected chi connectivity index (χ1v) is 5.54.